The van der Waals surface area contributed by atoms with Crippen molar-refractivity contribution in [3.63, 3.8) is 0 Å². The molecule has 0 saturated carbocycles. The second-order valence-corrected chi connectivity index (χ2v) is 5.22. The zero-order chi connectivity index (χ0) is 14.3. The van der Waals surface area contributed by atoms with Crippen molar-refractivity contribution in [1.29, 1.82) is 5.26 Å². The highest BCUT2D eigenvalue weighted by Crippen LogP contribution is 2.07. The lowest BCUT2D eigenvalue weighted by atomic mass is 10.3. The van der Waals surface area contributed by atoms with Gasteiger partial charge in [0, 0.05) is 28.3 Å². The molecule has 0 atom stereocenters. The van der Waals surface area contributed by atoms with Crippen LogP contribution in [0.4, 0.5) is 0 Å². The van der Waals surface area contributed by atoms with E-state index < -0.39 is 0 Å². The highest BCUT2D eigenvalue weighted by molar-refractivity contribution is 9.10. The van der Waals surface area contributed by atoms with Crippen molar-refractivity contribution in [2.75, 3.05) is 0 Å². The fourth-order valence-electron chi connectivity index (χ4n) is 1.03. The topological polar surface area (TPSA) is 66.6 Å². The van der Waals surface area contributed by atoms with E-state index in [-0.39, 0.29) is 5.78 Å². The maximum Gasteiger partial charge on any atom is 0.178 e. The molecule has 0 aliphatic heterocycles. The van der Waals surface area contributed by atoms with E-state index in [9.17, 15) is 4.79 Å². The predicted molar refractivity (Wildman–Crippen MR) is 78.6 cm³/mol. The summed E-state index contributed by atoms with van der Waals surface area (Å²) in [6.45, 7) is 1.50. The highest BCUT2D eigenvalue weighted by atomic mass is 79.9. The molecule has 96 valence electrons. The van der Waals surface area contributed by atoms with E-state index in [0.29, 0.717) is 11.4 Å². The summed E-state index contributed by atoms with van der Waals surface area (Å²) in [5.41, 5.74) is 0.946. The molecule has 0 unspecified atom stereocenters. The summed E-state index contributed by atoms with van der Waals surface area (Å²) in [5.74, 6) is -0.00694. The maximum atomic E-state index is 10.7. The largest absolute Gasteiger partial charge is 0.293 e. The molecule has 0 aliphatic rings. The molecule has 6 heteroatoms. The lowest BCUT2D eigenvalue weighted by Gasteiger charge is -1.92. The number of aromatic nitrogens is 2. The number of halogens is 2. The molecule has 0 fully saturated rings. The number of rotatable bonds is 1. The van der Waals surface area contributed by atoms with Crippen molar-refractivity contribution in [3.8, 4) is 6.07 Å². The smallest absolute Gasteiger partial charge is 0.178 e. The summed E-state index contributed by atoms with van der Waals surface area (Å²) < 4.78 is 1.78. The van der Waals surface area contributed by atoms with Crippen LogP contribution < -0.4 is 0 Å². The third-order valence-electron chi connectivity index (χ3n) is 1.93. The van der Waals surface area contributed by atoms with Crippen LogP contribution in [0.3, 0.4) is 0 Å². The van der Waals surface area contributed by atoms with Gasteiger partial charge in [-0.1, -0.05) is 0 Å². The fourth-order valence-corrected chi connectivity index (χ4v) is 1.50. The van der Waals surface area contributed by atoms with Gasteiger partial charge in [-0.15, -0.1) is 0 Å². The summed E-state index contributed by atoms with van der Waals surface area (Å²) in [6.07, 6.45) is 3.20. The number of nitrogens with zero attached hydrogens (tertiary/aromatic N) is 3. The average Bonchev–Trinajstić information content (AvgIpc) is 2.41. The SMILES string of the molecule is CC(=O)c1ccc(Br)cn1.N#Cc1ccc(Br)cn1. The van der Waals surface area contributed by atoms with Crippen LogP contribution in [-0.4, -0.2) is 15.8 Å². The van der Waals surface area contributed by atoms with Gasteiger partial charge in [0.15, 0.2) is 5.78 Å². The van der Waals surface area contributed by atoms with Crippen LogP contribution in [0, 0.1) is 11.3 Å². The Bertz CT molecular complexity index is 589. The third-order valence-corrected chi connectivity index (χ3v) is 2.87. The first-order valence-corrected chi connectivity index (χ1v) is 6.75. The van der Waals surface area contributed by atoms with Gasteiger partial charge in [-0.3, -0.25) is 9.78 Å². The van der Waals surface area contributed by atoms with Crippen LogP contribution in [0.5, 0.6) is 0 Å². The second-order valence-electron chi connectivity index (χ2n) is 3.39. The molecule has 4 nitrogen and oxygen atoms in total. The number of carbonyl (C=O) groups is 1. The molecule has 0 spiro atoms. The molecule has 2 heterocycles. The summed E-state index contributed by atoms with van der Waals surface area (Å²) in [7, 11) is 0. The Labute approximate surface area is 127 Å². The van der Waals surface area contributed by atoms with Crippen molar-refractivity contribution in [2.24, 2.45) is 0 Å². The summed E-state index contributed by atoms with van der Waals surface area (Å²) in [4.78, 5) is 18.3. The van der Waals surface area contributed by atoms with Crippen LogP contribution in [0.2, 0.25) is 0 Å². The average molecular weight is 383 g/mol. The molecule has 0 aliphatic carbocycles. The van der Waals surface area contributed by atoms with E-state index in [0.717, 1.165) is 8.95 Å². The second kappa shape index (κ2) is 7.77. The van der Waals surface area contributed by atoms with Gasteiger partial charge in [-0.2, -0.15) is 5.26 Å². The van der Waals surface area contributed by atoms with Gasteiger partial charge >= 0.3 is 0 Å². The third kappa shape index (κ3) is 5.73. The molecule has 19 heavy (non-hydrogen) atoms. The number of hydrogen-bond donors (Lipinski definition) is 0. The lowest BCUT2D eigenvalue weighted by molar-refractivity contribution is 0.101. The molecule has 2 rings (SSSR count). The normalized spacial score (nSPS) is 8.95. The van der Waals surface area contributed by atoms with Gasteiger partial charge in [0.25, 0.3) is 0 Å². The van der Waals surface area contributed by atoms with Crippen LogP contribution >= 0.6 is 31.9 Å². The first kappa shape index (κ1) is 15.5. The molecule has 2 aromatic rings. The van der Waals surface area contributed by atoms with Gasteiger partial charge in [-0.05, 0) is 56.1 Å². The molecule has 0 saturated heterocycles. The van der Waals surface area contributed by atoms with Gasteiger partial charge in [0.2, 0.25) is 0 Å². The zero-order valence-corrected chi connectivity index (χ0v) is 13.1. The van der Waals surface area contributed by atoms with E-state index in [2.05, 4.69) is 41.8 Å². The van der Waals surface area contributed by atoms with Crippen molar-refractivity contribution >= 4 is 37.6 Å². The lowest BCUT2D eigenvalue weighted by Crippen LogP contribution is -1.94. The van der Waals surface area contributed by atoms with E-state index in [4.69, 9.17) is 5.26 Å². The Morgan fingerprint density at radius 2 is 1.68 bits per heavy atom. The molecular formula is C13H9Br2N3O. The first-order chi connectivity index (χ1) is 9.02. The number of pyridine rings is 2. The fraction of sp³-hybridized carbons (Fsp3) is 0.0769. The number of hydrogen-bond acceptors (Lipinski definition) is 4. The molecular weight excluding hydrogens is 374 g/mol. The Morgan fingerprint density at radius 3 is 2.05 bits per heavy atom. The quantitative estimate of drug-likeness (QED) is 0.704. The molecule has 0 N–H and O–H groups in total. The summed E-state index contributed by atoms with van der Waals surface area (Å²) in [5, 5.41) is 8.30. The zero-order valence-electron chi connectivity index (χ0n) is 9.97. The Morgan fingerprint density at radius 1 is 1.11 bits per heavy atom. The van der Waals surface area contributed by atoms with Crippen LogP contribution in [-0.2, 0) is 0 Å². The molecule has 0 amide bonds. The Balaban J connectivity index is 0.000000191. The number of ketones is 1. The number of carbonyl (C=O) groups excluding carboxylic acids is 1. The van der Waals surface area contributed by atoms with Crippen molar-refractivity contribution in [3.05, 3.63) is 57.0 Å². The number of nitriles is 1. The van der Waals surface area contributed by atoms with E-state index in [1.807, 2.05) is 6.07 Å². The summed E-state index contributed by atoms with van der Waals surface area (Å²) >= 11 is 6.42. The van der Waals surface area contributed by atoms with E-state index in [1.54, 1.807) is 36.7 Å². The first-order valence-electron chi connectivity index (χ1n) is 5.17. The van der Waals surface area contributed by atoms with Crippen molar-refractivity contribution in [1.82, 2.24) is 9.97 Å². The molecule has 2 aromatic heterocycles. The molecule has 0 aromatic carbocycles. The monoisotopic (exact) mass is 381 g/mol. The van der Waals surface area contributed by atoms with Crippen LogP contribution in [0.15, 0.2) is 45.6 Å². The molecule has 0 bridgehead atoms. The Hall–Kier alpha value is -1.58. The minimum atomic E-state index is -0.00694. The van der Waals surface area contributed by atoms with Gasteiger partial charge in [-0.25, -0.2) is 4.98 Å². The van der Waals surface area contributed by atoms with Crippen molar-refractivity contribution in [2.45, 2.75) is 6.92 Å². The van der Waals surface area contributed by atoms with Crippen LogP contribution in [0.25, 0.3) is 0 Å². The van der Waals surface area contributed by atoms with E-state index in [1.165, 1.54) is 6.92 Å². The number of Topliss-reactive ketones (excluding diaryl/α,β-unsaturated/α-hetero) is 1. The van der Waals surface area contributed by atoms with Gasteiger partial charge in [0.1, 0.15) is 17.5 Å². The molecule has 0 radical (unpaired) electrons. The standard InChI is InChI=1S/C7H6BrNO.C6H3BrN2/c1-5(10)7-3-2-6(8)4-9-7;7-5-1-2-6(3-8)9-4-5/h2-4H,1H3;1-2,4H. The van der Waals surface area contributed by atoms with Crippen LogP contribution in [0.1, 0.15) is 23.1 Å². The minimum Gasteiger partial charge on any atom is -0.293 e. The summed E-state index contributed by atoms with van der Waals surface area (Å²) in [6, 6.07) is 8.84. The van der Waals surface area contributed by atoms with Gasteiger partial charge < -0.3 is 0 Å². The minimum absolute atomic E-state index is 0.00694. The van der Waals surface area contributed by atoms with Crippen molar-refractivity contribution < 1.29 is 4.79 Å². The maximum absolute atomic E-state index is 10.7. The van der Waals surface area contributed by atoms with Gasteiger partial charge in [0.05, 0.1) is 0 Å². The predicted octanol–water partition coefficient (Wildman–Crippen LogP) is 3.76. The van der Waals surface area contributed by atoms with E-state index >= 15 is 0 Å². The highest BCUT2D eigenvalue weighted by Gasteiger charge is 1.97. The Kier molecular flexibility index (Phi) is 6.33.